The van der Waals surface area contributed by atoms with E-state index < -0.39 is 24.4 Å². The van der Waals surface area contributed by atoms with Crippen LogP contribution >= 0.6 is 0 Å². The minimum Gasteiger partial charge on any atom is -0.394 e. The molecular weight excluding hydrogens is 152 g/mol. The zero-order valence-corrected chi connectivity index (χ0v) is 5.92. The molecular formula is C6H12O5. The quantitative estimate of drug-likeness (QED) is 0.343. The van der Waals surface area contributed by atoms with Crippen molar-refractivity contribution in [3.63, 3.8) is 0 Å². The van der Waals surface area contributed by atoms with Crippen molar-refractivity contribution < 1.29 is 25.2 Å². The molecule has 0 saturated carbocycles. The van der Waals surface area contributed by atoms with Gasteiger partial charge in [-0.3, -0.25) is 0 Å². The van der Waals surface area contributed by atoms with Gasteiger partial charge >= 0.3 is 0 Å². The first-order valence-corrected chi connectivity index (χ1v) is 3.43. The molecule has 0 spiro atoms. The summed E-state index contributed by atoms with van der Waals surface area (Å²) in [6.45, 7) is -0.408. The molecule has 4 atom stereocenters. The van der Waals surface area contributed by atoms with Gasteiger partial charge in [0, 0.05) is 0 Å². The lowest BCUT2D eigenvalue weighted by Gasteiger charge is -2.34. The van der Waals surface area contributed by atoms with E-state index >= 15 is 0 Å². The normalized spacial score (nSPS) is 45.8. The Hall–Kier alpha value is -0.200. The van der Waals surface area contributed by atoms with Gasteiger partial charge in [0.25, 0.3) is 0 Å². The van der Waals surface area contributed by atoms with E-state index in [0.29, 0.717) is 0 Å². The van der Waals surface area contributed by atoms with Crippen molar-refractivity contribution in [1.82, 2.24) is 0 Å². The Morgan fingerprint density at radius 2 is 1.82 bits per heavy atom. The first-order valence-electron chi connectivity index (χ1n) is 3.43. The van der Waals surface area contributed by atoms with Crippen LogP contribution in [0.15, 0.2) is 0 Å². The maximum absolute atomic E-state index is 9.11. The Labute approximate surface area is 63.8 Å². The molecule has 1 saturated heterocycles. The zero-order valence-electron chi connectivity index (χ0n) is 5.92. The Balaban J connectivity index is 2.52. The Kier molecular flexibility index (Phi) is 2.80. The highest BCUT2D eigenvalue weighted by Gasteiger charge is 2.36. The van der Waals surface area contributed by atoms with Crippen LogP contribution in [0.4, 0.5) is 0 Å². The molecule has 0 amide bonds. The molecule has 1 rings (SSSR count). The Bertz CT molecular complexity index is 126. The molecule has 11 heavy (non-hydrogen) atoms. The third-order valence-corrected chi connectivity index (χ3v) is 1.79. The van der Waals surface area contributed by atoms with Gasteiger partial charge in [-0.05, 0) is 0 Å². The molecule has 0 bridgehead atoms. The number of aliphatic hydroxyl groups is 4. The molecule has 1 fully saturated rings. The monoisotopic (exact) mass is 164 g/mol. The fourth-order valence-electron chi connectivity index (χ4n) is 1.03. The molecule has 1 heterocycles. The number of hydrogen-bond acceptors (Lipinski definition) is 5. The van der Waals surface area contributed by atoms with Crippen molar-refractivity contribution in [2.24, 2.45) is 0 Å². The van der Waals surface area contributed by atoms with Crippen LogP contribution in [0.1, 0.15) is 0 Å². The van der Waals surface area contributed by atoms with Crippen molar-refractivity contribution in [3.8, 4) is 0 Å². The molecule has 1 aliphatic heterocycles. The number of ether oxygens (including phenoxy) is 1. The maximum Gasteiger partial charge on any atom is 0.111 e. The summed E-state index contributed by atoms with van der Waals surface area (Å²) in [7, 11) is 0. The number of aliphatic hydroxyl groups excluding tert-OH is 4. The summed E-state index contributed by atoms with van der Waals surface area (Å²) in [6, 6.07) is 0. The van der Waals surface area contributed by atoms with Gasteiger partial charge in [0.2, 0.25) is 0 Å². The highest BCUT2D eigenvalue weighted by atomic mass is 16.5. The first-order chi connectivity index (χ1) is 5.16. The van der Waals surface area contributed by atoms with Crippen LogP contribution in [-0.4, -0.2) is 58.1 Å². The lowest BCUT2D eigenvalue weighted by atomic mass is 10.0. The molecule has 0 aromatic rings. The van der Waals surface area contributed by atoms with Crippen LogP contribution in [0.5, 0.6) is 0 Å². The largest absolute Gasteiger partial charge is 0.394 e. The second-order valence-electron chi connectivity index (χ2n) is 2.60. The summed E-state index contributed by atoms with van der Waals surface area (Å²) >= 11 is 0. The van der Waals surface area contributed by atoms with Crippen molar-refractivity contribution in [2.75, 3.05) is 13.2 Å². The highest BCUT2D eigenvalue weighted by Crippen LogP contribution is 2.14. The van der Waals surface area contributed by atoms with Crippen LogP contribution in [-0.2, 0) is 4.74 Å². The fraction of sp³-hybridized carbons (Fsp3) is 1.00. The highest BCUT2D eigenvalue weighted by molar-refractivity contribution is 4.85. The third-order valence-electron chi connectivity index (χ3n) is 1.79. The molecule has 0 aromatic carbocycles. The topological polar surface area (TPSA) is 90.2 Å². The van der Waals surface area contributed by atoms with Gasteiger partial charge in [0.1, 0.15) is 24.4 Å². The smallest absolute Gasteiger partial charge is 0.111 e. The van der Waals surface area contributed by atoms with Gasteiger partial charge in [0.15, 0.2) is 0 Å². The summed E-state index contributed by atoms with van der Waals surface area (Å²) in [5.41, 5.74) is 0. The van der Waals surface area contributed by atoms with Crippen LogP contribution in [0.25, 0.3) is 0 Å². The lowest BCUT2D eigenvalue weighted by molar-refractivity contribution is -0.195. The van der Waals surface area contributed by atoms with Crippen molar-refractivity contribution >= 4 is 0 Å². The van der Waals surface area contributed by atoms with E-state index in [1.807, 2.05) is 0 Å². The predicted molar refractivity (Wildman–Crippen MR) is 34.8 cm³/mol. The second-order valence-corrected chi connectivity index (χ2v) is 2.60. The summed E-state index contributed by atoms with van der Waals surface area (Å²) in [4.78, 5) is 0. The van der Waals surface area contributed by atoms with Crippen LogP contribution in [0, 0.1) is 0 Å². The molecule has 0 aromatic heterocycles. The molecule has 0 unspecified atom stereocenters. The van der Waals surface area contributed by atoms with E-state index in [2.05, 4.69) is 0 Å². The van der Waals surface area contributed by atoms with Gasteiger partial charge in [-0.1, -0.05) is 0 Å². The van der Waals surface area contributed by atoms with E-state index in [1.54, 1.807) is 0 Å². The van der Waals surface area contributed by atoms with Gasteiger partial charge in [-0.15, -0.1) is 0 Å². The third kappa shape index (κ3) is 1.69. The minimum absolute atomic E-state index is 0.0521. The molecule has 4 N–H and O–H groups in total. The van der Waals surface area contributed by atoms with Crippen molar-refractivity contribution in [1.29, 1.82) is 0 Å². The summed E-state index contributed by atoms with van der Waals surface area (Å²) in [6.07, 6.45) is -4.27. The summed E-state index contributed by atoms with van der Waals surface area (Å²) < 4.78 is 4.81. The van der Waals surface area contributed by atoms with Crippen LogP contribution in [0.2, 0.25) is 0 Å². The first kappa shape index (κ1) is 8.89. The number of rotatable bonds is 1. The Morgan fingerprint density at radius 1 is 1.18 bits per heavy atom. The average Bonchev–Trinajstić information content (AvgIpc) is 2.01. The lowest BCUT2D eigenvalue weighted by Crippen LogP contribution is -2.53. The SMILES string of the molecule is OC[C@@H]1OC[C@@H](O)[C@@H](O)[C@@H]1O. The van der Waals surface area contributed by atoms with Crippen LogP contribution < -0.4 is 0 Å². The van der Waals surface area contributed by atoms with E-state index in [1.165, 1.54) is 0 Å². The average molecular weight is 164 g/mol. The van der Waals surface area contributed by atoms with Gasteiger partial charge < -0.3 is 25.2 Å². The molecule has 5 heteroatoms. The maximum atomic E-state index is 9.11. The molecule has 5 nitrogen and oxygen atoms in total. The predicted octanol–water partition coefficient (Wildman–Crippen LogP) is -2.54. The standard InChI is InChI=1S/C6H12O5/c7-1-4-6(10)5(9)3(8)2-11-4/h3-10H,1-2H2/t3-,4+,5-,6-/m1/s1. The van der Waals surface area contributed by atoms with E-state index in [9.17, 15) is 0 Å². The second kappa shape index (κ2) is 3.46. The van der Waals surface area contributed by atoms with E-state index in [0.717, 1.165) is 0 Å². The molecule has 0 aliphatic carbocycles. The summed E-state index contributed by atoms with van der Waals surface area (Å²) in [5, 5.41) is 35.7. The number of hydrogen-bond donors (Lipinski definition) is 4. The summed E-state index contributed by atoms with van der Waals surface area (Å²) in [5.74, 6) is 0. The Morgan fingerprint density at radius 3 is 2.36 bits per heavy atom. The van der Waals surface area contributed by atoms with Crippen molar-refractivity contribution in [3.05, 3.63) is 0 Å². The molecule has 1 aliphatic rings. The fourth-order valence-corrected chi connectivity index (χ4v) is 1.03. The van der Waals surface area contributed by atoms with Crippen LogP contribution in [0.3, 0.4) is 0 Å². The van der Waals surface area contributed by atoms with Crippen molar-refractivity contribution in [2.45, 2.75) is 24.4 Å². The zero-order chi connectivity index (χ0) is 8.43. The molecule has 66 valence electrons. The van der Waals surface area contributed by atoms with Gasteiger partial charge in [0.05, 0.1) is 13.2 Å². The van der Waals surface area contributed by atoms with Gasteiger partial charge in [-0.2, -0.15) is 0 Å². The molecule has 0 radical (unpaired) electrons. The van der Waals surface area contributed by atoms with E-state index in [-0.39, 0.29) is 13.2 Å². The van der Waals surface area contributed by atoms with Gasteiger partial charge in [-0.25, -0.2) is 0 Å². The van der Waals surface area contributed by atoms with E-state index in [4.69, 9.17) is 25.2 Å². The minimum atomic E-state index is -1.22.